The Balaban J connectivity index is 1.65. The van der Waals surface area contributed by atoms with E-state index in [9.17, 15) is 22.8 Å². The normalized spacial score (nSPS) is 12.7. The molecule has 11 heteroatoms. The van der Waals surface area contributed by atoms with Gasteiger partial charge < -0.3 is 15.5 Å². The Bertz CT molecular complexity index is 1210. The SMILES string of the molecule is CC(C(=O)Nc1ncc(C(F)(F)F)s1)c1cccc(-c2ccc(NC(=O)/C=C/CN(C)C)nc2)c1. The third-order valence-electron chi connectivity index (χ3n) is 4.88. The molecule has 0 aliphatic carbocycles. The molecule has 7 nitrogen and oxygen atoms in total. The lowest BCUT2D eigenvalue weighted by molar-refractivity contribution is -0.134. The molecule has 0 aliphatic rings. The van der Waals surface area contributed by atoms with Crippen molar-refractivity contribution >= 4 is 34.1 Å². The molecule has 3 rings (SSSR count). The molecule has 0 saturated heterocycles. The number of benzene rings is 1. The molecular weight excluding hydrogens is 479 g/mol. The molecule has 0 fully saturated rings. The molecule has 0 saturated carbocycles. The Morgan fingerprint density at radius 2 is 1.86 bits per heavy atom. The van der Waals surface area contributed by atoms with Gasteiger partial charge in [-0.3, -0.25) is 9.59 Å². The standard InChI is InChI=1S/C24H24F3N5O2S/c1-15(22(34)31-23-29-14-19(35-23)24(25,26)27)16-6-4-7-17(12-16)18-9-10-20(28-13-18)30-21(33)8-5-11-32(2)3/h4-10,12-15H,11H2,1-3H3,(H,28,30,33)(H,29,31,34)/b8-5+. The van der Waals surface area contributed by atoms with Crippen LogP contribution in [0, 0.1) is 0 Å². The average Bonchev–Trinajstić information content (AvgIpc) is 3.28. The predicted molar refractivity (Wildman–Crippen MR) is 130 cm³/mol. The zero-order valence-corrected chi connectivity index (χ0v) is 20.1. The Hall–Kier alpha value is -3.57. The third kappa shape index (κ3) is 7.46. The van der Waals surface area contributed by atoms with Gasteiger partial charge in [-0.05, 0) is 44.3 Å². The van der Waals surface area contributed by atoms with Crippen molar-refractivity contribution in [3.05, 3.63) is 71.4 Å². The summed E-state index contributed by atoms with van der Waals surface area (Å²) in [6.07, 6.45) is 0.995. The first-order valence-electron chi connectivity index (χ1n) is 10.6. The van der Waals surface area contributed by atoms with Crippen molar-refractivity contribution in [3.63, 3.8) is 0 Å². The van der Waals surface area contributed by atoms with Crippen molar-refractivity contribution in [1.82, 2.24) is 14.9 Å². The molecule has 0 bridgehead atoms. The first kappa shape index (κ1) is 26.0. The molecule has 0 spiro atoms. The number of nitrogens with zero attached hydrogens (tertiary/aromatic N) is 3. The maximum Gasteiger partial charge on any atom is 0.427 e. The summed E-state index contributed by atoms with van der Waals surface area (Å²) in [5.74, 6) is -0.979. The zero-order valence-electron chi connectivity index (χ0n) is 19.3. The van der Waals surface area contributed by atoms with E-state index in [1.165, 1.54) is 6.08 Å². The third-order valence-corrected chi connectivity index (χ3v) is 5.84. The van der Waals surface area contributed by atoms with Gasteiger partial charge in [0.2, 0.25) is 11.8 Å². The molecule has 3 aromatic rings. The number of anilines is 2. The molecule has 0 radical (unpaired) electrons. The van der Waals surface area contributed by atoms with Crippen molar-refractivity contribution in [3.8, 4) is 11.1 Å². The van der Waals surface area contributed by atoms with Crippen LogP contribution in [0.25, 0.3) is 11.1 Å². The van der Waals surface area contributed by atoms with Crippen LogP contribution < -0.4 is 10.6 Å². The van der Waals surface area contributed by atoms with Gasteiger partial charge in [0.1, 0.15) is 10.7 Å². The number of halogens is 3. The van der Waals surface area contributed by atoms with Crippen LogP contribution in [-0.4, -0.2) is 47.3 Å². The van der Waals surface area contributed by atoms with Crippen LogP contribution >= 0.6 is 11.3 Å². The second-order valence-electron chi connectivity index (χ2n) is 7.95. The van der Waals surface area contributed by atoms with Crippen LogP contribution in [0.3, 0.4) is 0 Å². The monoisotopic (exact) mass is 503 g/mol. The molecule has 35 heavy (non-hydrogen) atoms. The van der Waals surface area contributed by atoms with Gasteiger partial charge in [-0.25, -0.2) is 9.97 Å². The van der Waals surface area contributed by atoms with Crippen molar-refractivity contribution in [2.24, 2.45) is 0 Å². The van der Waals surface area contributed by atoms with Gasteiger partial charge >= 0.3 is 6.18 Å². The average molecular weight is 504 g/mol. The summed E-state index contributed by atoms with van der Waals surface area (Å²) in [5.41, 5.74) is 2.25. The molecule has 1 aromatic carbocycles. The number of carbonyl (C=O) groups is 2. The molecule has 2 aromatic heterocycles. The number of likely N-dealkylation sites (N-methyl/N-ethyl adjacent to an activating group) is 1. The van der Waals surface area contributed by atoms with E-state index in [0.29, 0.717) is 35.5 Å². The van der Waals surface area contributed by atoms with E-state index in [1.54, 1.807) is 43.5 Å². The number of pyridine rings is 1. The highest BCUT2D eigenvalue weighted by Gasteiger charge is 2.33. The van der Waals surface area contributed by atoms with Crippen molar-refractivity contribution in [2.75, 3.05) is 31.3 Å². The van der Waals surface area contributed by atoms with Gasteiger partial charge in [0, 0.05) is 24.4 Å². The number of aromatic nitrogens is 2. The molecule has 2 N–H and O–H groups in total. The lowest BCUT2D eigenvalue weighted by atomic mass is 9.96. The minimum absolute atomic E-state index is 0.108. The number of amides is 2. The topological polar surface area (TPSA) is 87.2 Å². The molecular formula is C24H24F3N5O2S. The van der Waals surface area contributed by atoms with Crippen LogP contribution in [0.5, 0.6) is 0 Å². The van der Waals surface area contributed by atoms with E-state index in [4.69, 9.17) is 0 Å². The maximum atomic E-state index is 12.8. The summed E-state index contributed by atoms with van der Waals surface area (Å²) in [6, 6.07) is 10.7. The number of nitrogens with one attached hydrogen (secondary N) is 2. The molecule has 1 atom stereocenters. The van der Waals surface area contributed by atoms with E-state index in [1.807, 2.05) is 31.1 Å². The molecule has 184 valence electrons. The van der Waals surface area contributed by atoms with Gasteiger partial charge in [-0.1, -0.05) is 41.7 Å². The largest absolute Gasteiger partial charge is 0.427 e. The fourth-order valence-electron chi connectivity index (χ4n) is 2.99. The summed E-state index contributed by atoms with van der Waals surface area (Å²) in [6.45, 7) is 2.30. The quantitative estimate of drug-likeness (QED) is 0.422. The highest BCUT2D eigenvalue weighted by molar-refractivity contribution is 7.15. The smallest absolute Gasteiger partial charge is 0.307 e. The van der Waals surface area contributed by atoms with Gasteiger partial charge in [0.05, 0.1) is 12.1 Å². The molecule has 0 aliphatic heterocycles. The van der Waals surface area contributed by atoms with E-state index in [2.05, 4.69) is 20.6 Å². The fraction of sp³-hybridized carbons (Fsp3) is 0.250. The minimum Gasteiger partial charge on any atom is -0.307 e. The Kier molecular flexibility index (Phi) is 8.36. The van der Waals surface area contributed by atoms with Gasteiger partial charge in [-0.15, -0.1) is 0 Å². The van der Waals surface area contributed by atoms with E-state index >= 15 is 0 Å². The van der Waals surface area contributed by atoms with E-state index in [-0.39, 0.29) is 11.0 Å². The first-order chi connectivity index (χ1) is 16.5. The van der Waals surface area contributed by atoms with Gasteiger partial charge in [0.25, 0.3) is 0 Å². The van der Waals surface area contributed by atoms with Gasteiger partial charge in [0.15, 0.2) is 5.13 Å². The molecule has 2 amide bonds. The number of hydrogen-bond donors (Lipinski definition) is 2. The summed E-state index contributed by atoms with van der Waals surface area (Å²) in [5, 5.41) is 5.03. The second-order valence-corrected chi connectivity index (χ2v) is 8.98. The Labute approximate surface area is 204 Å². The van der Waals surface area contributed by atoms with Gasteiger partial charge in [-0.2, -0.15) is 13.2 Å². The van der Waals surface area contributed by atoms with Crippen LogP contribution in [0.15, 0.2) is 60.9 Å². The summed E-state index contributed by atoms with van der Waals surface area (Å²) < 4.78 is 38.3. The summed E-state index contributed by atoms with van der Waals surface area (Å²) >= 11 is 0.379. The predicted octanol–water partition coefficient (Wildman–Crippen LogP) is 5.02. The molecule has 1 unspecified atom stereocenters. The maximum absolute atomic E-state index is 12.8. The number of hydrogen-bond acceptors (Lipinski definition) is 6. The Morgan fingerprint density at radius 1 is 1.09 bits per heavy atom. The number of alkyl halides is 3. The second kappa shape index (κ2) is 11.2. The van der Waals surface area contributed by atoms with Crippen molar-refractivity contribution in [1.29, 1.82) is 0 Å². The van der Waals surface area contributed by atoms with Crippen molar-refractivity contribution in [2.45, 2.75) is 19.0 Å². The highest BCUT2D eigenvalue weighted by Crippen LogP contribution is 2.35. The summed E-state index contributed by atoms with van der Waals surface area (Å²) in [4.78, 5) is 33.5. The van der Waals surface area contributed by atoms with E-state index in [0.717, 1.165) is 11.1 Å². The lowest BCUT2D eigenvalue weighted by Gasteiger charge is -2.13. The van der Waals surface area contributed by atoms with Crippen molar-refractivity contribution < 1.29 is 22.8 Å². The lowest BCUT2D eigenvalue weighted by Crippen LogP contribution is -2.18. The van der Waals surface area contributed by atoms with Crippen LogP contribution in [-0.2, 0) is 15.8 Å². The number of carbonyl (C=O) groups excluding carboxylic acids is 2. The first-order valence-corrected chi connectivity index (χ1v) is 11.4. The van der Waals surface area contributed by atoms with Crippen LogP contribution in [0.2, 0.25) is 0 Å². The summed E-state index contributed by atoms with van der Waals surface area (Å²) in [7, 11) is 3.80. The number of thiazole rings is 1. The Morgan fingerprint density at radius 3 is 2.49 bits per heavy atom. The molecule has 2 heterocycles. The van der Waals surface area contributed by atoms with Crippen LogP contribution in [0.1, 0.15) is 23.3 Å². The van der Waals surface area contributed by atoms with Crippen LogP contribution in [0.4, 0.5) is 24.1 Å². The number of rotatable bonds is 8. The zero-order chi connectivity index (χ0) is 25.6. The highest BCUT2D eigenvalue weighted by atomic mass is 32.1. The van der Waals surface area contributed by atoms with E-state index < -0.39 is 22.9 Å². The minimum atomic E-state index is -4.50. The fourth-order valence-corrected chi connectivity index (χ4v) is 3.68.